The molecule has 2 aliphatic rings. The van der Waals surface area contributed by atoms with Gasteiger partial charge < -0.3 is 16.0 Å². The molecule has 5 nitrogen and oxygen atoms in total. The first kappa shape index (κ1) is 16.3. The Morgan fingerprint density at radius 2 is 1.67 bits per heavy atom. The summed E-state index contributed by atoms with van der Waals surface area (Å²) in [5, 5.41) is 9.30. The van der Waals surface area contributed by atoms with Gasteiger partial charge >= 0.3 is 0 Å². The first-order chi connectivity index (χ1) is 10.1. The van der Waals surface area contributed by atoms with Gasteiger partial charge in [0.1, 0.15) is 0 Å². The van der Waals surface area contributed by atoms with E-state index >= 15 is 0 Å². The van der Waals surface area contributed by atoms with Crippen LogP contribution in [0.1, 0.15) is 64.7 Å². The molecule has 0 spiro atoms. The zero-order valence-electron chi connectivity index (χ0n) is 13.1. The molecule has 1 unspecified atom stereocenters. The van der Waals surface area contributed by atoms with Gasteiger partial charge in [0.25, 0.3) is 0 Å². The summed E-state index contributed by atoms with van der Waals surface area (Å²) in [5.41, 5.74) is 0. The largest absolute Gasteiger partial charge is 0.353 e. The molecule has 0 heterocycles. The molecule has 0 aromatic rings. The molecule has 3 N–H and O–H groups in total. The van der Waals surface area contributed by atoms with Gasteiger partial charge in [-0.15, -0.1) is 0 Å². The molecule has 120 valence electrons. The molecule has 0 saturated heterocycles. The summed E-state index contributed by atoms with van der Waals surface area (Å²) in [6.07, 6.45) is 9.54. The molecule has 2 aliphatic carbocycles. The molecule has 0 aromatic carbocycles. The molecule has 2 amide bonds. The van der Waals surface area contributed by atoms with Crippen molar-refractivity contribution >= 4 is 11.8 Å². The van der Waals surface area contributed by atoms with Gasteiger partial charge in [-0.25, -0.2) is 0 Å². The second kappa shape index (κ2) is 8.37. The van der Waals surface area contributed by atoms with Crippen LogP contribution < -0.4 is 16.0 Å². The molecule has 0 aromatic heterocycles. The predicted octanol–water partition coefficient (Wildman–Crippen LogP) is 1.47. The number of nitrogens with one attached hydrogen (secondary N) is 3. The summed E-state index contributed by atoms with van der Waals surface area (Å²) >= 11 is 0. The zero-order chi connectivity index (χ0) is 15.1. The summed E-state index contributed by atoms with van der Waals surface area (Å²) in [6, 6.07) is 0.615. The first-order valence-corrected chi connectivity index (χ1v) is 8.48. The fourth-order valence-electron chi connectivity index (χ4n) is 2.76. The van der Waals surface area contributed by atoms with Crippen molar-refractivity contribution < 1.29 is 9.59 Å². The molecule has 0 bridgehead atoms. The van der Waals surface area contributed by atoms with Crippen LogP contribution in [-0.2, 0) is 9.59 Å². The topological polar surface area (TPSA) is 70.2 Å². The minimum absolute atomic E-state index is 0.0873. The highest BCUT2D eigenvalue weighted by Crippen LogP contribution is 2.18. The van der Waals surface area contributed by atoms with Crippen molar-refractivity contribution in [3.05, 3.63) is 0 Å². The minimum Gasteiger partial charge on any atom is -0.353 e. The Hall–Kier alpha value is -1.10. The maximum Gasteiger partial charge on any atom is 0.237 e. The Bertz CT molecular complexity index is 349. The maximum atomic E-state index is 12.0. The third-order valence-electron chi connectivity index (χ3n) is 4.32. The van der Waals surface area contributed by atoms with E-state index < -0.39 is 0 Å². The molecular weight excluding hydrogens is 266 g/mol. The van der Waals surface area contributed by atoms with Crippen molar-refractivity contribution in [3.8, 4) is 0 Å². The second-order valence-electron chi connectivity index (χ2n) is 6.46. The van der Waals surface area contributed by atoms with E-state index in [1.165, 1.54) is 19.3 Å². The molecule has 2 fully saturated rings. The fourth-order valence-corrected chi connectivity index (χ4v) is 2.76. The number of rotatable bonds is 8. The SMILES string of the molecule is CC(NCCCC(=O)NC1CC1)C(=O)NC1CCCCC1. The molecule has 5 heteroatoms. The van der Waals surface area contributed by atoms with E-state index in [1.54, 1.807) is 0 Å². The summed E-state index contributed by atoms with van der Waals surface area (Å²) in [6.45, 7) is 2.60. The highest BCUT2D eigenvalue weighted by molar-refractivity contribution is 5.81. The van der Waals surface area contributed by atoms with Gasteiger partial charge in [-0.3, -0.25) is 9.59 Å². The van der Waals surface area contributed by atoms with Crippen molar-refractivity contribution in [3.63, 3.8) is 0 Å². The van der Waals surface area contributed by atoms with E-state index in [9.17, 15) is 9.59 Å². The number of hydrogen-bond donors (Lipinski definition) is 3. The lowest BCUT2D eigenvalue weighted by Crippen LogP contribution is -2.47. The average molecular weight is 295 g/mol. The summed E-state index contributed by atoms with van der Waals surface area (Å²) in [4.78, 5) is 23.6. The molecular formula is C16H29N3O2. The van der Waals surface area contributed by atoms with Crippen LogP contribution >= 0.6 is 0 Å². The number of hydrogen-bond acceptors (Lipinski definition) is 3. The third kappa shape index (κ3) is 6.46. The van der Waals surface area contributed by atoms with Crippen molar-refractivity contribution in [2.24, 2.45) is 0 Å². The van der Waals surface area contributed by atoms with E-state index in [0.29, 0.717) is 25.0 Å². The standard InChI is InChI=1S/C16H29N3O2/c1-12(16(21)19-13-6-3-2-4-7-13)17-11-5-8-15(20)18-14-9-10-14/h12-14,17H,2-11H2,1H3,(H,18,20)(H,19,21). The highest BCUT2D eigenvalue weighted by atomic mass is 16.2. The second-order valence-corrected chi connectivity index (χ2v) is 6.46. The lowest BCUT2D eigenvalue weighted by Gasteiger charge is -2.24. The number of carbonyl (C=O) groups excluding carboxylic acids is 2. The summed E-state index contributed by atoms with van der Waals surface area (Å²) in [5.74, 6) is 0.225. The molecule has 0 aliphatic heterocycles. The van der Waals surface area contributed by atoms with Crippen LogP contribution in [0.25, 0.3) is 0 Å². The quantitative estimate of drug-likeness (QED) is 0.594. The minimum atomic E-state index is -0.182. The van der Waals surface area contributed by atoms with E-state index in [-0.39, 0.29) is 17.9 Å². The van der Waals surface area contributed by atoms with E-state index in [4.69, 9.17) is 0 Å². The summed E-state index contributed by atoms with van der Waals surface area (Å²) in [7, 11) is 0. The number of carbonyl (C=O) groups is 2. The Balaban J connectivity index is 1.52. The van der Waals surface area contributed by atoms with Gasteiger partial charge in [0, 0.05) is 18.5 Å². The van der Waals surface area contributed by atoms with Crippen LogP contribution in [-0.4, -0.2) is 36.5 Å². The van der Waals surface area contributed by atoms with Crippen LogP contribution in [0.3, 0.4) is 0 Å². The molecule has 0 radical (unpaired) electrons. The third-order valence-corrected chi connectivity index (χ3v) is 4.32. The van der Waals surface area contributed by atoms with Crippen LogP contribution in [0.2, 0.25) is 0 Å². The van der Waals surface area contributed by atoms with E-state index in [1.807, 2.05) is 6.92 Å². The van der Waals surface area contributed by atoms with Gasteiger partial charge in [0.15, 0.2) is 0 Å². The van der Waals surface area contributed by atoms with Crippen molar-refractivity contribution in [2.45, 2.75) is 82.8 Å². The zero-order valence-corrected chi connectivity index (χ0v) is 13.1. The Morgan fingerprint density at radius 1 is 1.00 bits per heavy atom. The van der Waals surface area contributed by atoms with E-state index in [2.05, 4.69) is 16.0 Å². The molecule has 2 rings (SSSR count). The van der Waals surface area contributed by atoms with Crippen LogP contribution in [0.4, 0.5) is 0 Å². The Kier molecular flexibility index (Phi) is 6.49. The highest BCUT2D eigenvalue weighted by Gasteiger charge is 2.23. The number of amides is 2. The Morgan fingerprint density at radius 3 is 2.33 bits per heavy atom. The first-order valence-electron chi connectivity index (χ1n) is 8.48. The van der Waals surface area contributed by atoms with Crippen molar-refractivity contribution in [1.29, 1.82) is 0 Å². The lowest BCUT2D eigenvalue weighted by molar-refractivity contribution is -0.123. The van der Waals surface area contributed by atoms with Gasteiger partial charge in [0.2, 0.25) is 11.8 Å². The van der Waals surface area contributed by atoms with Crippen LogP contribution in [0.5, 0.6) is 0 Å². The van der Waals surface area contributed by atoms with Gasteiger partial charge in [-0.05, 0) is 45.6 Å². The van der Waals surface area contributed by atoms with Crippen LogP contribution in [0.15, 0.2) is 0 Å². The Labute approximate surface area is 127 Å². The predicted molar refractivity (Wildman–Crippen MR) is 82.9 cm³/mol. The van der Waals surface area contributed by atoms with E-state index in [0.717, 1.165) is 32.1 Å². The molecule has 2 saturated carbocycles. The monoisotopic (exact) mass is 295 g/mol. The normalized spacial score (nSPS) is 20.8. The van der Waals surface area contributed by atoms with Gasteiger partial charge in [-0.1, -0.05) is 19.3 Å². The average Bonchev–Trinajstić information content (AvgIpc) is 3.28. The maximum absolute atomic E-state index is 12.0. The van der Waals surface area contributed by atoms with Gasteiger partial charge in [-0.2, -0.15) is 0 Å². The lowest BCUT2D eigenvalue weighted by atomic mass is 9.95. The summed E-state index contributed by atoms with van der Waals surface area (Å²) < 4.78 is 0. The molecule has 1 atom stereocenters. The van der Waals surface area contributed by atoms with Crippen molar-refractivity contribution in [2.75, 3.05) is 6.54 Å². The van der Waals surface area contributed by atoms with Gasteiger partial charge in [0.05, 0.1) is 6.04 Å². The van der Waals surface area contributed by atoms with Crippen LogP contribution in [0, 0.1) is 0 Å². The van der Waals surface area contributed by atoms with Crippen molar-refractivity contribution in [1.82, 2.24) is 16.0 Å². The fraction of sp³-hybridized carbons (Fsp3) is 0.875. The molecule has 21 heavy (non-hydrogen) atoms. The smallest absolute Gasteiger partial charge is 0.237 e.